The smallest absolute Gasteiger partial charge is 0.235 e. The van der Waals surface area contributed by atoms with Gasteiger partial charge in [-0.3, -0.25) is 14.5 Å². The van der Waals surface area contributed by atoms with Gasteiger partial charge in [-0.05, 0) is 42.7 Å². The van der Waals surface area contributed by atoms with Gasteiger partial charge < -0.3 is 18.4 Å². The van der Waals surface area contributed by atoms with Crippen molar-refractivity contribution in [2.45, 2.75) is 109 Å². The van der Waals surface area contributed by atoms with E-state index in [-0.39, 0.29) is 16.5 Å². The lowest BCUT2D eigenvalue weighted by atomic mass is 9.97. The number of likely N-dealkylation sites (tertiary alicyclic amines) is 1. The molecular formula is C22H41NO6Si2. The normalized spacial score (nSPS) is 22.9. The summed E-state index contributed by atoms with van der Waals surface area (Å²) >= 11 is 0. The molecule has 178 valence electrons. The molecular weight excluding hydrogens is 430 g/mol. The van der Waals surface area contributed by atoms with Crippen LogP contribution in [-0.4, -0.2) is 64.2 Å². The van der Waals surface area contributed by atoms with Crippen LogP contribution in [0.15, 0.2) is 0 Å². The maximum absolute atomic E-state index is 13.2. The highest BCUT2D eigenvalue weighted by Crippen LogP contribution is 2.41. The van der Waals surface area contributed by atoms with Gasteiger partial charge in [0, 0.05) is 6.92 Å². The van der Waals surface area contributed by atoms with Gasteiger partial charge in [-0.15, -0.1) is 0 Å². The molecule has 0 unspecified atom stereocenters. The van der Waals surface area contributed by atoms with Crippen LogP contribution in [0, 0.1) is 5.92 Å². The molecule has 1 fully saturated rings. The van der Waals surface area contributed by atoms with Gasteiger partial charge in [-0.25, -0.2) is 0 Å². The van der Waals surface area contributed by atoms with Crippen LogP contribution in [0.5, 0.6) is 0 Å². The SMILES string of the molecule is CC(=O)N1C(=O)[C@H]([C@H](C=O)O[Si](C)(C)C(C)(C)C)C[C@@H]1[C@@H](C=O)O[Si](C)(C)C(C)(C)C. The maximum atomic E-state index is 13.2. The number of carbonyl (C=O) groups is 4. The van der Waals surface area contributed by atoms with Crippen molar-refractivity contribution in [1.82, 2.24) is 4.90 Å². The Bertz CT molecular complexity index is 708. The van der Waals surface area contributed by atoms with Gasteiger partial charge in [0.2, 0.25) is 11.8 Å². The van der Waals surface area contributed by atoms with Gasteiger partial charge in [0.25, 0.3) is 0 Å². The lowest BCUT2D eigenvalue weighted by Gasteiger charge is -2.40. The monoisotopic (exact) mass is 471 g/mol. The first-order valence-electron chi connectivity index (χ1n) is 10.9. The fourth-order valence-corrected chi connectivity index (χ4v) is 5.69. The third-order valence-corrected chi connectivity index (χ3v) is 16.2. The van der Waals surface area contributed by atoms with Crippen LogP contribution in [0.2, 0.25) is 36.3 Å². The molecule has 0 bridgehead atoms. The highest BCUT2D eigenvalue weighted by Gasteiger charge is 2.52. The van der Waals surface area contributed by atoms with E-state index in [9.17, 15) is 19.2 Å². The van der Waals surface area contributed by atoms with Crippen molar-refractivity contribution in [2.24, 2.45) is 5.92 Å². The fraction of sp³-hybridized carbons (Fsp3) is 0.818. The summed E-state index contributed by atoms with van der Waals surface area (Å²) in [6, 6.07) is -0.743. The predicted octanol–water partition coefficient (Wildman–Crippen LogP) is 3.93. The molecule has 0 spiro atoms. The number of rotatable bonds is 8. The number of aldehydes is 2. The van der Waals surface area contributed by atoms with Gasteiger partial charge in [0.05, 0.1) is 12.0 Å². The standard InChI is InChI=1S/C22H41NO6Si2/c1-15(26)23-17(19(14-25)29-31(10,11)22(5,6)7)12-16(20(23)27)18(13-24)28-30(8,9)21(2,3)4/h13-14,16-19H,12H2,1-11H3/t16-,17+,18-,19+/m0/s1. The third-order valence-electron chi connectivity index (χ3n) is 7.24. The molecule has 31 heavy (non-hydrogen) atoms. The minimum Gasteiger partial charge on any atom is -0.406 e. The van der Waals surface area contributed by atoms with Crippen LogP contribution in [0.25, 0.3) is 0 Å². The summed E-state index contributed by atoms with van der Waals surface area (Å²) < 4.78 is 12.5. The van der Waals surface area contributed by atoms with E-state index in [4.69, 9.17) is 8.85 Å². The van der Waals surface area contributed by atoms with Crippen molar-refractivity contribution in [2.75, 3.05) is 0 Å². The Morgan fingerprint density at radius 2 is 1.32 bits per heavy atom. The largest absolute Gasteiger partial charge is 0.406 e. The molecule has 0 aromatic carbocycles. The second-order valence-corrected chi connectivity index (χ2v) is 21.1. The van der Waals surface area contributed by atoms with Gasteiger partial charge in [-0.1, -0.05) is 41.5 Å². The molecule has 9 heteroatoms. The van der Waals surface area contributed by atoms with E-state index in [1.807, 2.05) is 26.2 Å². The van der Waals surface area contributed by atoms with Crippen LogP contribution in [0.4, 0.5) is 0 Å². The van der Waals surface area contributed by atoms with Crippen LogP contribution in [0.1, 0.15) is 54.9 Å². The van der Waals surface area contributed by atoms with Gasteiger partial charge in [-0.2, -0.15) is 0 Å². The Hall–Kier alpha value is -1.17. The molecule has 1 rings (SSSR count). The Morgan fingerprint density at radius 3 is 1.65 bits per heavy atom. The van der Waals surface area contributed by atoms with E-state index < -0.39 is 52.6 Å². The average molecular weight is 472 g/mol. The molecule has 0 aromatic rings. The zero-order valence-corrected chi connectivity index (χ0v) is 23.1. The van der Waals surface area contributed by atoms with E-state index in [1.165, 1.54) is 6.92 Å². The minimum absolute atomic E-state index is 0.145. The number of amides is 2. The van der Waals surface area contributed by atoms with Gasteiger partial charge in [0.1, 0.15) is 24.8 Å². The van der Waals surface area contributed by atoms with Crippen LogP contribution in [-0.2, 0) is 28.0 Å². The highest BCUT2D eigenvalue weighted by atomic mass is 28.4. The molecule has 2 amide bonds. The molecule has 0 aliphatic carbocycles. The summed E-state index contributed by atoms with van der Waals surface area (Å²) in [7, 11) is -4.67. The number of imide groups is 1. The molecule has 1 heterocycles. The molecule has 0 aromatic heterocycles. The molecule has 1 saturated heterocycles. The predicted molar refractivity (Wildman–Crippen MR) is 126 cm³/mol. The molecule has 7 nitrogen and oxygen atoms in total. The second-order valence-electron chi connectivity index (χ2n) is 11.6. The van der Waals surface area contributed by atoms with Gasteiger partial charge >= 0.3 is 0 Å². The van der Waals surface area contributed by atoms with Crippen molar-refractivity contribution >= 4 is 41.0 Å². The van der Waals surface area contributed by atoms with E-state index >= 15 is 0 Å². The van der Waals surface area contributed by atoms with Crippen LogP contribution >= 0.6 is 0 Å². The van der Waals surface area contributed by atoms with Crippen molar-refractivity contribution in [3.8, 4) is 0 Å². The molecule has 1 aliphatic heterocycles. The molecule has 4 atom stereocenters. The quantitative estimate of drug-likeness (QED) is 0.393. The first-order valence-corrected chi connectivity index (χ1v) is 16.7. The first-order chi connectivity index (χ1) is 13.8. The second kappa shape index (κ2) is 9.37. The van der Waals surface area contributed by atoms with Crippen molar-refractivity contribution in [3.05, 3.63) is 0 Å². The molecule has 0 saturated carbocycles. The molecule has 0 radical (unpaired) electrons. The highest BCUT2D eigenvalue weighted by molar-refractivity contribution is 6.74. The van der Waals surface area contributed by atoms with Crippen LogP contribution in [0.3, 0.4) is 0 Å². The Morgan fingerprint density at radius 1 is 0.935 bits per heavy atom. The Kier molecular flexibility index (Phi) is 8.42. The topological polar surface area (TPSA) is 90.0 Å². The van der Waals surface area contributed by atoms with E-state index in [0.29, 0.717) is 12.6 Å². The number of carbonyl (C=O) groups excluding carboxylic acids is 4. The Labute approximate surface area is 189 Å². The summed E-state index contributed by atoms with van der Waals surface area (Å²) in [6.45, 7) is 21.7. The van der Waals surface area contributed by atoms with E-state index in [1.54, 1.807) is 0 Å². The zero-order valence-electron chi connectivity index (χ0n) is 21.1. The number of hydrogen-bond acceptors (Lipinski definition) is 6. The third kappa shape index (κ3) is 6.00. The maximum Gasteiger partial charge on any atom is 0.235 e. The molecule has 0 N–H and O–H groups in total. The summed E-state index contributed by atoms with van der Waals surface area (Å²) in [6.07, 6.45) is -0.385. The zero-order chi connectivity index (χ0) is 24.6. The van der Waals surface area contributed by atoms with Gasteiger partial charge in [0.15, 0.2) is 16.6 Å². The summed E-state index contributed by atoms with van der Waals surface area (Å²) in [4.78, 5) is 50.7. The van der Waals surface area contributed by atoms with Crippen molar-refractivity contribution in [1.29, 1.82) is 0 Å². The van der Waals surface area contributed by atoms with Crippen molar-refractivity contribution < 1.29 is 28.0 Å². The van der Waals surface area contributed by atoms with Crippen LogP contribution < -0.4 is 0 Å². The fourth-order valence-electron chi connectivity index (χ4n) is 3.19. The Balaban J connectivity index is 3.27. The van der Waals surface area contributed by atoms with E-state index in [0.717, 1.165) is 4.90 Å². The number of hydrogen-bond donors (Lipinski definition) is 0. The summed E-state index contributed by atoms with van der Waals surface area (Å²) in [5.74, 6) is -1.75. The number of nitrogens with zero attached hydrogens (tertiary/aromatic N) is 1. The first kappa shape index (κ1) is 27.9. The minimum atomic E-state index is -2.34. The average Bonchev–Trinajstić information content (AvgIpc) is 2.92. The lowest BCUT2D eigenvalue weighted by Crippen LogP contribution is -2.52. The van der Waals surface area contributed by atoms with E-state index in [2.05, 4.69) is 41.5 Å². The molecule has 1 aliphatic rings. The summed E-state index contributed by atoms with van der Waals surface area (Å²) in [5, 5.41) is -0.291. The van der Waals surface area contributed by atoms with Crippen molar-refractivity contribution in [3.63, 3.8) is 0 Å². The summed E-state index contributed by atoms with van der Waals surface area (Å²) in [5.41, 5.74) is 0. The lowest BCUT2D eigenvalue weighted by molar-refractivity contribution is -0.147.